The van der Waals surface area contributed by atoms with Crippen LogP contribution >= 0.6 is 0 Å². The molecule has 0 saturated carbocycles. The van der Waals surface area contributed by atoms with Gasteiger partial charge in [0.05, 0.1) is 35.4 Å². The van der Waals surface area contributed by atoms with Crippen molar-refractivity contribution in [2.45, 2.75) is 37.1 Å². The van der Waals surface area contributed by atoms with Crippen LogP contribution in [0.3, 0.4) is 0 Å². The number of anilines is 3. The molecule has 2 aliphatic heterocycles. The number of carbonyl (C=O) groups excluding carboxylic acids is 1. The van der Waals surface area contributed by atoms with Crippen molar-refractivity contribution in [1.82, 2.24) is 4.72 Å². The van der Waals surface area contributed by atoms with E-state index in [0.29, 0.717) is 0 Å². The van der Waals surface area contributed by atoms with E-state index in [9.17, 15) is 13.2 Å². The molecule has 40 heavy (non-hydrogen) atoms. The molecule has 0 aliphatic carbocycles. The predicted molar refractivity (Wildman–Crippen MR) is 159 cm³/mol. The molecule has 1 unspecified atom stereocenters. The minimum Gasteiger partial charge on any atom is -0.378 e. The van der Waals surface area contributed by atoms with Crippen LogP contribution in [0.1, 0.15) is 37.8 Å². The number of carbonyl (C=O) groups is 1. The molecule has 206 valence electrons. The van der Waals surface area contributed by atoms with Gasteiger partial charge in [0.1, 0.15) is 0 Å². The SMILES string of the molecule is CC(C)(C)NS(=O)(=O)c1ccc(C2C(=O)N(c3cccc4cc(N5CCOCC5)ccc34)c3ccccc32)cc1. The Labute approximate surface area is 235 Å². The molecule has 0 bridgehead atoms. The van der Waals surface area contributed by atoms with Crippen molar-refractivity contribution >= 4 is 43.8 Å². The molecule has 1 saturated heterocycles. The van der Waals surface area contributed by atoms with Gasteiger partial charge in [0.25, 0.3) is 0 Å². The lowest BCUT2D eigenvalue weighted by atomic mass is 9.93. The Morgan fingerprint density at radius 3 is 2.27 bits per heavy atom. The van der Waals surface area contributed by atoms with Crippen LogP contribution in [0.5, 0.6) is 0 Å². The molecule has 0 radical (unpaired) electrons. The van der Waals surface area contributed by atoms with Gasteiger partial charge in [-0.05, 0) is 73.7 Å². The predicted octanol–water partition coefficient (Wildman–Crippen LogP) is 5.56. The van der Waals surface area contributed by atoms with E-state index >= 15 is 0 Å². The summed E-state index contributed by atoms with van der Waals surface area (Å²) in [6.45, 7) is 8.57. The minimum atomic E-state index is -3.68. The van der Waals surface area contributed by atoms with Gasteiger partial charge in [-0.2, -0.15) is 0 Å². The molecule has 0 spiro atoms. The molecule has 8 heteroatoms. The summed E-state index contributed by atoms with van der Waals surface area (Å²) in [6.07, 6.45) is 0. The van der Waals surface area contributed by atoms with Gasteiger partial charge in [-0.3, -0.25) is 9.69 Å². The van der Waals surface area contributed by atoms with Crippen molar-refractivity contribution in [1.29, 1.82) is 0 Å². The molecular weight excluding hydrogens is 522 g/mol. The zero-order chi connectivity index (χ0) is 28.1. The van der Waals surface area contributed by atoms with Crippen LogP contribution in [-0.4, -0.2) is 46.2 Å². The molecule has 1 N–H and O–H groups in total. The van der Waals surface area contributed by atoms with E-state index in [4.69, 9.17) is 4.74 Å². The third kappa shape index (κ3) is 4.87. The first-order valence-electron chi connectivity index (χ1n) is 13.5. The number of para-hydroxylation sites is 1. The maximum absolute atomic E-state index is 14.2. The van der Waals surface area contributed by atoms with Crippen LogP contribution in [0, 0.1) is 0 Å². The maximum atomic E-state index is 14.2. The lowest BCUT2D eigenvalue weighted by molar-refractivity contribution is -0.117. The summed E-state index contributed by atoms with van der Waals surface area (Å²) in [5.74, 6) is -0.596. The molecule has 2 heterocycles. The highest BCUT2D eigenvalue weighted by Crippen LogP contribution is 2.46. The van der Waals surface area contributed by atoms with E-state index in [-0.39, 0.29) is 10.8 Å². The monoisotopic (exact) mass is 555 g/mol. The highest BCUT2D eigenvalue weighted by atomic mass is 32.2. The Hall–Kier alpha value is -3.72. The lowest BCUT2D eigenvalue weighted by Gasteiger charge is -2.29. The molecule has 6 rings (SSSR count). The van der Waals surface area contributed by atoms with Crippen molar-refractivity contribution in [3.63, 3.8) is 0 Å². The molecule has 7 nitrogen and oxygen atoms in total. The Morgan fingerprint density at radius 1 is 0.850 bits per heavy atom. The van der Waals surface area contributed by atoms with E-state index in [0.717, 1.165) is 65.3 Å². The van der Waals surface area contributed by atoms with E-state index in [1.807, 2.05) is 41.3 Å². The highest BCUT2D eigenvalue weighted by Gasteiger charge is 2.39. The molecule has 1 atom stereocenters. The van der Waals surface area contributed by atoms with Crippen LogP contribution in [0.25, 0.3) is 10.8 Å². The van der Waals surface area contributed by atoms with Crippen molar-refractivity contribution in [2.24, 2.45) is 0 Å². The van der Waals surface area contributed by atoms with Crippen molar-refractivity contribution in [3.05, 3.63) is 96.1 Å². The number of hydrogen-bond donors (Lipinski definition) is 1. The number of rotatable bonds is 5. The third-order valence-corrected chi connectivity index (χ3v) is 9.15. The minimum absolute atomic E-state index is 0.0608. The lowest BCUT2D eigenvalue weighted by Crippen LogP contribution is -2.40. The van der Waals surface area contributed by atoms with Crippen LogP contribution in [0.15, 0.2) is 89.8 Å². The van der Waals surface area contributed by atoms with Crippen molar-refractivity contribution in [2.75, 3.05) is 36.1 Å². The number of fused-ring (bicyclic) bond motifs is 2. The van der Waals surface area contributed by atoms with Gasteiger partial charge in [-0.25, -0.2) is 13.1 Å². The fourth-order valence-corrected chi connectivity index (χ4v) is 7.07. The summed E-state index contributed by atoms with van der Waals surface area (Å²) < 4.78 is 33.9. The average Bonchev–Trinajstić information content (AvgIpc) is 3.23. The summed E-state index contributed by atoms with van der Waals surface area (Å²) in [4.78, 5) is 18.5. The van der Waals surface area contributed by atoms with Crippen LogP contribution in [0.4, 0.5) is 17.1 Å². The number of morpholine rings is 1. The molecule has 1 amide bonds. The van der Waals surface area contributed by atoms with E-state index < -0.39 is 21.5 Å². The summed E-state index contributed by atoms with van der Waals surface area (Å²) in [5, 5.41) is 2.06. The number of sulfonamides is 1. The van der Waals surface area contributed by atoms with E-state index in [2.05, 4.69) is 33.9 Å². The number of nitrogens with one attached hydrogen (secondary N) is 1. The average molecular weight is 556 g/mol. The van der Waals surface area contributed by atoms with Crippen molar-refractivity contribution < 1.29 is 17.9 Å². The van der Waals surface area contributed by atoms with Gasteiger partial charge < -0.3 is 9.64 Å². The Kier molecular flexibility index (Phi) is 6.65. The number of hydrogen-bond acceptors (Lipinski definition) is 5. The third-order valence-electron chi connectivity index (χ3n) is 7.38. The summed E-state index contributed by atoms with van der Waals surface area (Å²) in [5.41, 5.74) is 3.88. The maximum Gasteiger partial charge on any atom is 0.243 e. The Morgan fingerprint density at radius 2 is 1.55 bits per heavy atom. The smallest absolute Gasteiger partial charge is 0.243 e. The number of nitrogens with zero attached hydrogens (tertiary/aromatic N) is 2. The Balaban J connectivity index is 1.37. The Bertz CT molecular complexity index is 1690. The fourth-order valence-electron chi connectivity index (χ4n) is 5.66. The van der Waals surface area contributed by atoms with Gasteiger partial charge in [0.2, 0.25) is 15.9 Å². The van der Waals surface area contributed by atoms with Crippen LogP contribution in [0.2, 0.25) is 0 Å². The normalized spacial score (nSPS) is 17.9. The quantitative estimate of drug-likeness (QED) is 0.349. The molecule has 0 aromatic heterocycles. The zero-order valence-electron chi connectivity index (χ0n) is 22.9. The second kappa shape index (κ2) is 10.0. The molecule has 2 aliphatic rings. The second-order valence-corrected chi connectivity index (χ2v) is 13.1. The van der Waals surface area contributed by atoms with Gasteiger partial charge in [0.15, 0.2) is 0 Å². The highest BCUT2D eigenvalue weighted by molar-refractivity contribution is 7.89. The molecule has 4 aromatic carbocycles. The zero-order valence-corrected chi connectivity index (χ0v) is 23.7. The van der Waals surface area contributed by atoms with E-state index in [1.54, 1.807) is 45.0 Å². The summed E-state index contributed by atoms with van der Waals surface area (Å²) in [7, 11) is -3.68. The van der Waals surface area contributed by atoms with Gasteiger partial charge in [0, 0.05) is 29.7 Å². The standard InChI is InChI=1S/C32H33N3O4S/c1-32(2,3)33-40(37,38)25-14-11-22(12-15-25)30-27-8-4-5-9-29(27)35(31(30)36)28-10-6-7-23-21-24(13-16-26(23)28)34-17-19-39-20-18-34/h4-16,21,30,33H,17-20H2,1-3H3. The largest absolute Gasteiger partial charge is 0.378 e. The molecule has 1 fully saturated rings. The first-order valence-corrected chi connectivity index (χ1v) is 15.0. The summed E-state index contributed by atoms with van der Waals surface area (Å²) in [6, 6.07) is 26.9. The van der Waals surface area contributed by atoms with Gasteiger partial charge in [-0.1, -0.05) is 48.5 Å². The van der Waals surface area contributed by atoms with E-state index in [1.165, 1.54) is 0 Å². The molecular formula is C32H33N3O4S. The molecule has 4 aromatic rings. The number of ether oxygens (including phenoxy) is 1. The van der Waals surface area contributed by atoms with Gasteiger partial charge >= 0.3 is 0 Å². The fraction of sp³-hybridized carbons (Fsp3) is 0.281. The summed E-state index contributed by atoms with van der Waals surface area (Å²) >= 11 is 0. The van der Waals surface area contributed by atoms with Crippen LogP contribution in [-0.2, 0) is 19.6 Å². The van der Waals surface area contributed by atoms with Crippen LogP contribution < -0.4 is 14.5 Å². The van der Waals surface area contributed by atoms with Gasteiger partial charge in [-0.15, -0.1) is 0 Å². The topological polar surface area (TPSA) is 79.0 Å². The van der Waals surface area contributed by atoms with Crippen molar-refractivity contribution in [3.8, 4) is 0 Å². The first kappa shape index (κ1) is 26.5. The second-order valence-electron chi connectivity index (χ2n) is 11.4. The number of benzene rings is 4. The number of amides is 1. The first-order chi connectivity index (χ1) is 19.1.